The van der Waals surface area contributed by atoms with Crippen LogP contribution in [0.5, 0.6) is 0 Å². The number of hydrogen-bond donors (Lipinski definition) is 1. The Kier molecular flexibility index (Phi) is 5.36. The first-order valence-corrected chi connectivity index (χ1v) is 3.87. The Morgan fingerprint density at radius 2 is 2.27 bits per heavy atom. The molecule has 0 saturated carbocycles. The van der Waals surface area contributed by atoms with Crippen LogP contribution in [0, 0.1) is 11.3 Å². The van der Waals surface area contributed by atoms with Crippen LogP contribution in [0.4, 0.5) is 0 Å². The Morgan fingerprint density at radius 3 is 2.67 bits per heavy atom. The van der Waals surface area contributed by atoms with Crippen molar-refractivity contribution < 1.29 is 49.4 Å². The molecule has 0 bridgehead atoms. The molecule has 1 rings (SSSR count). The third-order valence-corrected chi connectivity index (χ3v) is 1.85. The fraction of sp³-hybridized carbons (Fsp3) is 0.375. The van der Waals surface area contributed by atoms with Crippen LogP contribution in [0.15, 0.2) is 11.3 Å². The minimum atomic E-state index is -1.28. The van der Waals surface area contributed by atoms with E-state index in [2.05, 4.69) is 0 Å². The second kappa shape index (κ2) is 5.75. The summed E-state index contributed by atoms with van der Waals surface area (Å²) in [6, 6.07) is 1.67. The van der Waals surface area contributed by atoms with Crippen molar-refractivity contribution in [2.75, 3.05) is 13.1 Å². The van der Waals surface area contributed by atoms with E-state index in [-0.39, 0.29) is 54.6 Å². The Morgan fingerprint density at radius 1 is 1.67 bits per heavy atom. The Labute approximate surface area is 108 Å². The number of carbonyl (C=O) groups is 2. The minimum Gasteiger partial charge on any atom is -0.550 e. The molecule has 0 atom stereocenters. The van der Waals surface area contributed by atoms with Crippen molar-refractivity contribution in [3.05, 3.63) is 11.3 Å². The zero-order valence-electron chi connectivity index (χ0n) is 8.19. The number of rotatable bonds is 3. The monoisotopic (exact) mass is 218 g/mol. The molecule has 0 aromatic heterocycles. The van der Waals surface area contributed by atoms with Gasteiger partial charge in [0.2, 0.25) is 0 Å². The zero-order chi connectivity index (χ0) is 10.7. The van der Waals surface area contributed by atoms with E-state index in [1.54, 1.807) is 6.07 Å². The van der Waals surface area contributed by atoms with Gasteiger partial charge in [0.1, 0.15) is 6.07 Å². The number of nitriles is 1. The second-order valence-electron chi connectivity index (χ2n) is 2.79. The van der Waals surface area contributed by atoms with Gasteiger partial charge in [-0.25, -0.2) is 0 Å². The molecule has 0 spiro atoms. The summed E-state index contributed by atoms with van der Waals surface area (Å²) in [6.07, 6.45) is -0.308. The SMILES string of the molecule is N#CC1=C(O)C(=O)N(CCC(=O)[O-])C1.[Na+]. The van der Waals surface area contributed by atoms with Gasteiger partial charge in [0.25, 0.3) is 5.91 Å². The van der Waals surface area contributed by atoms with Gasteiger partial charge in [-0.3, -0.25) is 4.79 Å². The normalized spacial score (nSPS) is 14.9. The molecule has 7 heteroatoms. The van der Waals surface area contributed by atoms with Crippen molar-refractivity contribution in [2.45, 2.75) is 6.42 Å². The Bertz CT molecular complexity index is 358. The quantitative estimate of drug-likeness (QED) is 0.479. The number of amides is 1. The smallest absolute Gasteiger partial charge is 0.550 e. The average Bonchev–Trinajstić information content (AvgIpc) is 2.41. The Hall–Kier alpha value is -1.03. The summed E-state index contributed by atoms with van der Waals surface area (Å²) >= 11 is 0. The summed E-state index contributed by atoms with van der Waals surface area (Å²) in [7, 11) is 0. The molecule has 0 radical (unpaired) electrons. The molecule has 1 amide bonds. The van der Waals surface area contributed by atoms with E-state index in [1.807, 2.05) is 0 Å². The summed E-state index contributed by atoms with van der Waals surface area (Å²) in [4.78, 5) is 22.3. The van der Waals surface area contributed by atoms with E-state index in [0.717, 1.165) is 4.90 Å². The first kappa shape index (κ1) is 14.0. The molecule has 74 valence electrons. The van der Waals surface area contributed by atoms with Crippen molar-refractivity contribution in [1.82, 2.24) is 4.90 Å². The maximum atomic E-state index is 11.1. The number of carbonyl (C=O) groups excluding carboxylic acids is 2. The third kappa shape index (κ3) is 3.23. The van der Waals surface area contributed by atoms with E-state index < -0.39 is 17.6 Å². The average molecular weight is 218 g/mol. The van der Waals surface area contributed by atoms with Gasteiger partial charge in [-0.1, -0.05) is 0 Å². The molecule has 1 N–H and O–H groups in total. The molecule has 0 aromatic rings. The topological polar surface area (TPSA) is 104 Å². The van der Waals surface area contributed by atoms with Crippen molar-refractivity contribution >= 4 is 11.9 Å². The van der Waals surface area contributed by atoms with Crippen LogP contribution in [0.3, 0.4) is 0 Å². The molecule has 0 aliphatic carbocycles. The van der Waals surface area contributed by atoms with Crippen LogP contribution in [0.1, 0.15) is 6.42 Å². The maximum Gasteiger partial charge on any atom is 1.00 e. The van der Waals surface area contributed by atoms with Gasteiger partial charge in [-0.15, -0.1) is 0 Å². The summed E-state index contributed by atoms with van der Waals surface area (Å²) in [5, 5.41) is 27.7. The molecule has 0 aromatic carbocycles. The van der Waals surface area contributed by atoms with Crippen molar-refractivity contribution in [2.24, 2.45) is 0 Å². The van der Waals surface area contributed by atoms with E-state index in [0.29, 0.717) is 0 Å². The van der Waals surface area contributed by atoms with Gasteiger partial charge in [-0.2, -0.15) is 5.26 Å². The number of aliphatic hydroxyl groups excluding tert-OH is 1. The van der Waals surface area contributed by atoms with Crippen LogP contribution in [0.2, 0.25) is 0 Å². The molecule has 1 heterocycles. The molecule has 1 aliphatic heterocycles. The Balaban J connectivity index is 0.00000196. The molecule has 1 aliphatic rings. The molecular weight excluding hydrogens is 211 g/mol. The number of carboxylic acid groups (broad SMARTS) is 1. The van der Waals surface area contributed by atoms with Crippen LogP contribution in [0.25, 0.3) is 0 Å². The fourth-order valence-electron chi connectivity index (χ4n) is 1.11. The summed E-state index contributed by atoms with van der Waals surface area (Å²) in [6.45, 7) is -0.0924. The van der Waals surface area contributed by atoms with E-state index in [9.17, 15) is 14.7 Å². The van der Waals surface area contributed by atoms with Crippen molar-refractivity contribution in [3.8, 4) is 6.07 Å². The molecule has 0 saturated heterocycles. The van der Waals surface area contributed by atoms with E-state index in [1.165, 1.54) is 0 Å². The predicted molar refractivity (Wildman–Crippen MR) is 41.5 cm³/mol. The van der Waals surface area contributed by atoms with E-state index >= 15 is 0 Å². The van der Waals surface area contributed by atoms with Crippen LogP contribution in [-0.4, -0.2) is 35.0 Å². The van der Waals surface area contributed by atoms with Crippen molar-refractivity contribution in [3.63, 3.8) is 0 Å². The van der Waals surface area contributed by atoms with Gasteiger partial charge < -0.3 is 19.9 Å². The second-order valence-corrected chi connectivity index (χ2v) is 2.79. The van der Waals surface area contributed by atoms with Gasteiger partial charge >= 0.3 is 29.6 Å². The standard InChI is InChI=1S/C8H8N2O4.Na/c9-3-5-4-10(2-1-6(11)12)8(14)7(5)13;/h13H,1-2,4H2,(H,11,12);/q;+1/p-1. The van der Waals surface area contributed by atoms with Gasteiger partial charge in [-0.05, 0) is 0 Å². The predicted octanol–water partition coefficient (Wildman–Crippen LogP) is -4.69. The molecule has 0 unspecified atom stereocenters. The minimum absolute atomic E-state index is 0. The fourth-order valence-corrected chi connectivity index (χ4v) is 1.11. The van der Waals surface area contributed by atoms with Gasteiger partial charge in [0, 0.05) is 18.9 Å². The number of hydrogen-bond acceptors (Lipinski definition) is 5. The first-order chi connectivity index (χ1) is 6.56. The third-order valence-electron chi connectivity index (χ3n) is 1.85. The van der Waals surface area contributed by atoms with Crippen LogP contribution >= 0.6 is 0 Å². The van der Waals surface area contributed by atoms with Gasteiger partial charge in [0.05, 0.1) is 12.1 Å². The first-order valence-electron chi connectivity index (χ1n) is 3.87. The summed E-state index contributed by atoms with van der Waals surface area (Å²) in [5.41, 5.74) is -0.0339. The van der Waals surface area contributed by atoms with Crippen molar-refractivity contribution in [1.29, 1.82) is 5.26 Å². The number of carboxylic acids is 1. The molecule has 6 nitrogen and oxygen atoms in total. The van der Waals surface area contributed by atoms with E-state index in [4.69, 9.17) is 10.4 Å². The summed E-state index contributed by atoms with van der Waals surface area (Å²) in [5.74, 6) is -2.57. The summed E-state index contributed by atoms with van der Waals surface area (Å²) < 4.78 is 0. The molecule has 15 heavy (non-hydrogen) atoms. The van der Waals surface area contributed by atoms with Crippen LogP contribution < -0.4 is 34.7 Å². The van der Waals surface area contributed by atoms with Crippen LogP contribution in [-0.2, 0) is 9.59 Å². The zero-order valence-corrected chi connectivity index (χ0v) is 10.2. The number of nitrogens with zero attached hydrogens (tertiary/aromatic N) is 2. The maximum absolute atomic E-state index is 11.1. The number of aliphatic hydroxyl groups is 1. The number of aliphatic carboxylic acids is 1. The van der Waals surface area contributed by atoms with Gasteiger partial charge in [0.15, 0.2) is 5.76 Å². The largest absolute Gasteiger partial charge is 1.00 e. The molecule has 0 fully saturated rings. The molecular formula is C8H7N2NaO4.